The summed E-state index contributed by atoms with van der Waals surface area (Å²) in [4.78, 5) is 7.85. The van der Waals surface area contributed by atoms with Crippen LogP contribution in [0.4, 0.5) is 0 Å². The standard InChI is InChI=1S/C12H9N3O2/c13-5-9-2-1-3-11(4-9)17-12-14-6-10(8-16)7-15-12/h1-4,6-7,16H,8H2. The van der Waals surface area contributed by atoms with E-state index in [-0.39, 0.29) is 12.6 Å². The number of nitrogens with zero attached hydrogens (tertiary/aromatic N) is 3. The van der Waals surface area contributed by atoms with E-state index in [1.165, 1.54) is 12.4 Å². The molecule has 1 heterocycles. The van der Waals surface area contributed by atoms with Crippen molar-refractivity contribution in [1.82, 2.24) is 9.97 Å². The lowest BCUT2D eigenvalue weighted by molar-refractivity contribution is 0.280. The Morgan fingerprint density at radius 3 is 2.71 bits per heavy atom. The molecule has 0 amide bonds. The number of rotatable bonds is 3. The van der Waals surface area contributed by atoms with Gasteiger partial charge in [0, 0.05) is 18.0 Å². The van der Waals surface area contributed by atoms with Gasteiger partial charge in [-0.25, -0.2) is 9.97 Å². The average molecular weight is 227 g/mol. The fourth-order valence-electron chi connectivity index (χ4n) is 1.21. The predicted octanol–water partition coefficient (Wildman–Crippen LogP) is 1.63. The number of hydrogen-bond acceptors (Lipinski definition) is 5. The van der Waals surface area contributed by atoms with Gasteiger partial charge >= 0.3 is 6.01 Å². The molecule has 2 rings (SSSR count). The average Bonchev–Trinajstić information content (AvgIpc) is 2.40. The Labute approximate surface area is 98.0 Å². The first-order valence-electron chi connectivity index (χ1n) is 4.91. The van der Waals surface area contributed by atoms with Crippen molar-refractivity contribution in [2.24, 2.45) is 0 Å². The monoisotopic (exact) mass is 227 g/mol. The van der Waals surface area contributed by atoms with Crippen LogP contribution in [-0.2, 0) is 6.61 Å². The van der Waals surface area contributed by atoms with E-state index in [9.17, 15) is 0 Å². The summed E-state index contributed by atoms with van der Waals surface area (Å²) >= 11 is 0. The summed E-state index contributed by atoms with van der Waals surface area (Å²) < 4.78 is 5.37. The smallest absolute Gasteiger partial charge is 0.321 e. The van der Waals surface area contributed by atoms with Gasteiger partial charge < -0.3 is 9.84 Å². The van der Waals surface area contributed by atoms with Gasteiger partial charge in [0.1, 0.15) is 5.75 Å². The van der Waals surface area contributed by atoms with Gasteiger partial charge in [0.05, 0.1) is 18.2 Å². The van der Waals surface area contributed by atoms with Crippen LogP contribution in [0.25, 0.3) is 0 Å². The van der Waals surface area contributed by atoms with Crippen LogP contribution in [0, 0.1) is 11.3 Å². The predicted molar refractivity (Wildman–Crippen MR) is 59.2 cm³/mol. The maximum atomic E-state index is 8.83. The molecule has 0 aliphatic carbocycles. The number of aromatic nitrogens is 2. The van der Waals surface area contributed by atoms with Gasteiger partial charge in [-0.3, -0.25) is 0 Å². The van der Waals surface area contributed by atoms with Gasteiger partial charge in [0.15, 0.2) is 0 Å². The van der Waals surface area contributed by atoms with E-state index in [4.69, 9.17) is 15.1 Å². The Morgan fingerprint density at radius 2 is 2.06 bits per heavy atom. The minimum atomic E-state index is -0.107. The molecule has 0 radical (unpaired) electrons. The van der Waals surface area contributed by atoms with Crippen LogP contribution in [0.1, 0.15) is 11.1 Å². The van der Waals surface area contributed by atoms with Crippen molar-refractivity contribution in [3.8, 4) is 17.8 Å². The van der Waals surface area contributed by atoms with E-state index < -0.39 is 0 Å². The van der Waals surface area contributed by atoms with E-state index in [1.54, 1.807) is 24.3 Å². The number of nitriles is 1. The first kappa shape index (κ1) is 11.0. The summed E-state index contributed by atoms with van der Waals surface area (Å²) in [6, 6.07) is 8.91. The van der Waals surface area contributed by atoms with Crippen LogP contribution in [0.2, 0.25) is 0 Å². The zero-order valence-electron chi connectivity index (χ0n) is 8.87. The lowest BCUT2D eigenvalue weighted by Gasteiger charge is -2.03. The minimum absolute atomic E-state index is 0.107. The van der Waals surface area contributed by atoms with E-state index in [0.29, 0.717) is 16.9 Å². The zero-order valence-corrected chi connectivity index (χ0v) is 8.87. The maximum absolute atomic E-state index is 8.83. The van der Waals surface area contributed by atoms with Gasteiger partial charge in [-0.1, -0.05) is 6.07 Å². The van der Waals surface area contributed by atoms with Gasteiger partial charge in [-0.05, 0) is 18.2 Å². The van der Waals surface area contributed by atoms with Crippen molar-refractivity contribution < 1.29 is 9.84 Å². The summed E-state index contributed by atoms with van der Waals surface area (Å²) in [5.41, 5.74) is 1.12. The molecule has 0 saturated carbocycles. The maximum Gasteiger partial charge on any atom is 0.321 e. The van der Waals surface area contributed by atoms with Crippen LogP contribution in [-0.4, -0.2) is 15.1 Å². The Kier molecular flexibility index (Phi) is 3.28. The molecular weight excluding hydrogens is 218 g/mol. The molecule has 84 valence electrons. The largest absolute Gasteiger partial charge is 0.424 e. The van der Waals surface area contributed by atoms with Crippen LogP contribution in [0.15, 0.2) is 36.7 Å². The number of aliphatic hydroxyl groups excluding tert-OH is 1. The molecule has 5 nitrogen and oxygen atoms in total. The lowest BCUT2D eigenvalue weighted by atomic mass is 10.2. The Hall–Kier alpha value is -2.45. The van der Waals surface area contributed by atoms with Crippen molar-refractivity contribution in [3.05, 3.63) is 47.8 Å². The molecule has 2 aromatic rings. The first-order valence-corrected chi connectivity index (χ1v) is 4.91. The lowest BCUT2D eigenvalue weighted by Crippen LogP contribution is -1.94. The molecule has 0 fully saturated rings. The molecule has 0 aliphatic heterocycles. The van der Waals surface area contributed by atoms with Crippen molar-refractivity contribution >= 4 is 0 Å². The molecule has 0 spiro atoms. The summed E-state index contributed by atoms with van der Waals surface area (Å²) in [7, 11) is 0. The van der Waals surface area contributed by atoms with Crippen LogP contribution in [0.5, 0.6) is 11.8 Å². The topological polar surface area (TPSA) is 79.0 Å². The van der Waals surface area contributed by atoms with Crippen molar-refractivity contribution in [1.29, 1.82) is 5.26 Å². The van der Waals surface area contributed by atoms with Crippen LogP contribution < -0.4 is 4.74 Å². The van der Waals surface area contributed by atoms with Crippen LogP contribution >= 0.6 is 0 Å². The highest BCUT2D eigenvalue weighted by atomic mass is 16.5. The van der Waals surface area contributed by atoms with Gasteiger partial charge in [-0.2, -0.15) is 5.26 Å². The summed E-state index contributed by atoms with van der Waals surface area (Å²) in [5.74, 6) is 0.501. The highest BCUT2D eigenvalue weighted by molar-refractivity contribution is 5.37. The third-order valence-corrected chi connectivity index (χ3v) is 2.04. The third-order valence-electron chi connectivity index (χ3n) is 2.04. The molecule has 0 atom stereocenters. The fourth-order valence-corrected chi connectivity index (χ4v) is 1.21. The van der Waals surface area contributed by atoms with E-state index >= 15 is 0 Å². The summed E-state index contributed by atoms with van der Waals surface area (Å²) in [5, 5.41) is 17.6. The van der Waals surface area contributed by atoms with E-state index in [1.807, 2.05) is 6.07 Å². The van der Waals surface area contributed by atoms with Crippen molar-refractivity contribution in [2.45, 2.75) is 6.61 Å². The van der Waals surface area contributed by atoms with Gasteiger partial charge in [-0.15, -0.1) is 0 Å². The zero-order chi connectivity index (χ0) is 12.1. The molecule has 0 bridgehead atoms. The van der Waals surface area contributed by atoms with Gasteiger partial charge in [0.25, 0.3) is 0 Å². The quantitative estimate of drug-likeness (QED) is 0.862. The normalized spacial score (nSPS) is 9.65. The molecular formula is C12H9N3O2. The minimum Gasteiger partial charge on any atom is -0.424 e. The van der Waals surface area contributed by atoms with E-state index in [0.717, 1.165) is 0 Å². The summed E-state index contributed by atoms with van der Waals surface area (Å²) in [6.07, 6.45) is 2.97. The Bertz CT molecular complexity index is 546. The third kappa shape index (κ3) is 2.77. The van der Waals surface area contributed by atoms with E-state index in [2.05, 4.69) is 9.97 Å². The van der Waals surface area contributed by atoms with Crippen molar-refractivity contribution in [3.63, 3.8) is 0 Å². The highest BCUT2D eigenvalue weighted by Gasteiger charge is 2.01. The molecule has 0 aliphatic rings. The second kappa shape index (κ2) is 5.05. The number of benzene rings is 1. The second-order valence-electron chi connectivity index (χ2n) is 3.27. The number of aliphatic hydroxyl groups is 1. The molecule has 1 aromatic carbocycles. The second-order valence-corrected chi connectivity index (χ2v) is 3.27. The van der Waals surface area contributed by atoms with Crippen molar-refractivity contribution in [2.75, 3.05) is 0 Å². The number of ether oxygens (including phenoxy) is 1. The summed E-state index contributed by atoms with van der Waals surface area (Å²) in [6.45, 7) is -0.107. The molecule has 5 heteroatoms. The SMILES string of the molecule is N#Cc1cccc(Oc2ncc(CO)cn2)c1. The molecule has 1 N–H and O–H groups in total. The Balaban J connectivity index is 2.16. The highest BCUT2D eigenvalue weighted by Crippen LogP contribution is 2.18. The van der Waals surface area contributed by atoms with Crippen LogP contribution in [0.3, 0.4) is 0 Å². The fraction of sp³-hybridized carbons (Fsp3) is 0.0833. The Morgan fingerprint density at radius 1 is 1.29 bits per heavy atom. The first-order chi connectivity index (χ1) is 8.31. The molecule has 0 saturated heterocycles. The van der Waals surface area contributed by atoms with Gasteiger partial charge in [0.2, 0.25) is 0 Å². The molecule has 1 aromatic heterocycles. The number of hydrogen-bond donors (Lipinski definition) is 1. The molecule has 17 heavy (non-hydrogen) atoms. The molecule has 0 unspecified atom stereocenters.